The first kappa shape index (κ1) is 13.3. The van der Waals surface area contributed by atoms with E-state index in [2.05, 4.69) is 41.3 Å². The van der Waals surface area contributed by atoms with Crippen LogP contribution in [-0.4, -0.2) is 12.6 Å². The molecule has 0 fully saturated rings. The summed E-state index contributed by atoms with van der Waals surface area (Å²) < 4.78 is 5.77. The molecule has 0 spiro atoms. The largest absolute Gasteiger partial charge is 0.466 e. The van der Waals surface area contributed by atoms with E-state index in [4.69, 9.17) is 10.00 Å². The maximum atomic E-state index is 11.4. The van der Waals surface area contributed by atoms with Gasteiger partial charge in [-0.05, 0) is 47.2 Å². The number of carbonyl (C=O) groups excluding carboxylic acids is 1. The summed E-state index contributed by atoms with van der Waals surface area (Å²) in [4.78, 5) is 12.0. The molecule has 5 heteroatoms. The highest BCUT2D eigenvalue weighted by atomic mass is 127. The molecule has 0 aromatic heterocycles. The second-order valence-electron chi connectivity index (χ2n) is 3.02. The molecule has 84 valence electrons. The van der Waals surface area contributed by atoms with Crippen molar-refractivity contribution in [2.75, 3.05) is 6.61 Å². The van der Waals surface area contributed by atoms with Gasteiger partial charge < -0.3 is 4.74 Å². The average Bonchev–Trinajstić information content (AvgIpc) is 2.25. The first-order chi connectivity index (χ1) is 7.60. The van der Waals surface area contributed by atoms with E-state index in [9.17, 15) is 4.79 Å². The first-order valence-electron chi connectivity index (χ1n) is 4.66. The Hall–Kier alpha value is -0.740. The van der Waals surface area contributed by atoms with Crippen molar-refractivity contribution in [2.24, 2.45) is 0 Å². The number of thiol groups is 1. The van der Waals surface area contributed by atoms with Gasteiger partial charge in [-0.15, -0.1) is 12.6 Å². The Bertz CT molecular complexity index is 454. The van der Waals surface area contributed by atoms with E-state index in [1.807, 2.05) is 0 Å². The number of rotatable bonds is 3. The quantitative estimate of drug-likeness (QED) is 0.519. The normalized spacial score (nSPS) is 9.62. The van der Waals surface area contributed by atoms with Gasteiger partial charge in [0.1, 0.15) is 0 Å². The second-order valence-corrected chi connectivity index (χ2v) is 4.63. The van der Waals surface area contributed by atoms with Gasteiger partial charge in [0, 0.05) is 8.47 Å². The molecule has 0 amide bonds. The molecule has 0 saturated heterocycles. The van der Waals surface area contributed by atoms with E-state index in [0.29, 0.717) is 22.6 Å². The van der Waals surface area contributed by atoms with Gasteiger partial charge in [-0.3, -0.25) is 4.79 Å². The lowest BCUT2D eigenvalue weighted by molar-refractivity contribution is -0.142. The van der Waals surface area contributed by atoms with Crippen molar-refractivity contribution in [3.63, 3.8) is 0 Å². The van der Waals surface area contributed by atoms with Crippen molar-refractivity contribution >= 4 is 41.2 Å². The van der Waals surface area contributed by atoms with Crippen LogP contribution in [-0.2, 0) is 16.0 Å². The molecule has 0 aliphatic heterocycles. The van der Waals surface area contributed by atoms with Gasteiger partial charge in [-0.2, -0.15) is 5.26 Å². The lowest BCUT2D eigenvalue weighted by Crippen LogP contribution is -2.09. The number of esters is 1. The number of halogens is 1. The van der Waals surface area contributed by atoms with E-state index >= 15 is 0 Å². The molecule has 0 aliphatic rings. The van der Waals surface area contributed by atoms with Crippen molar-refractivity contribution in [1.29, 1.82) is 5.26 Å². The topological polar surface area (TPSA) is 50.1 Å². The average molecular weight is 347 g/mol. The third kappa shape index (κ3) is 3.12. The highest BCUT2D eigenvalue weighted by Gasteiger charge is 2.13. The van der Waals surface area contributed by atoms with Gasteiger partial charge in [0.2, 0.25) is 0 Å². The fourth-order valence-corrected chi connectivity index (χ4v) is 2.03. The van der Waals surface area contributed by atoms with Gasteiger partial charge >= 0.3 is 5.97 Å². The molecule has 1 rings (SSSR count). The Balaban J connectivity index is 3.07. The second kappa shape index (κ2) is 6.11. The van der Waals surface area contributed by atoms with Crippen LogP contribution in [0.25, 0.3) is 0 Å². The van der Waals surface area contributed by atoms with E-state index in [1.165, 1.54) is 0 Å². The summed E-state index contributed by atoms with van der Waals surface area (Å²) in [5.41, 5.74) is 1.11. The standard InChI is InChI=1S/C11H10INO2S/c1-2-15-10(14)5-8-7(6-13)3-4-9(12)11(8)16/h3-4,16H,2,5H2,1H3. The molecular formula is C11H10INO2S. The Kier molecular flexibility index (Phi) is 5.09. The zero-order valence-corrected chi connectivity index (χ0v) is 11.7. The smallest absolute Gasteiger partial charge is 0.310 e. The molecule has 0 atom stereocenters. The van der Waals surface area contributed by atoms with Crippen LogP contribution in [0.4, 0.5) is 0 Å². The summed E-state index contributed by atoms with van der Waals surface area (Å²) in [5.74, 6) is -0.337. The van der Waals surface area contributed by atoms with Crippen molar-refractivity contribution in [3.8, 4) is 6.07 Å². The van der Waals surface area contributed by atoms with Gasteiger partial charge in [0.05, 0.1) is 24.7 Å². The lowest BCUT2D eigenvalue weighted by atomic mass is 10.1. The van der Waals surface area contributed by atoms with Crippen LogP contribution in [0.1, 0.15) is 18.1 Å². The molecule has 0 aliphatic carbocycles. The summed E-state index contributed by atoms with van der Waals surface area (Å²) >= 11 is 6.42. The van der Waals surface area contributed by atoms with Crippen LogP contribution < -0.4 is 0 Å². The number of hydrogen-bond donors (Lipinski definition) is 1. The number of hydrogen-bond acceptors (Lipinski definition) is 4. The van der Waals surface area contributed by atoms with Crippen molar-refractivity contribution < 1.29 is 9.53 Å². The molecular weight excluding hydrogens is 337 g/mol. The summed E-state index contributed by atoms with van der Waals surface area (Å²) in [6.45, 7) is 2.09. The van der Waals surface area contributed by atoms with E-state index in [1.54, 1.807) is 19.1 Å². The van der Waals surface area contributed by atoms with Gasteiger partial charge in [-0.25, -0.2) is 0 Å². The maximum Gasteiger partial charge on any atom is 0.310 e. The summed E-state index contributed by atoms with van der Waals surface area (Å²) in [6, 6.07) is 5.54. The molecule has 0 radical (unpaired) electrons. The number of ether oxygens (including phenoxy) is 1. The van der Waals surface area contributed by atoms with Crippen LogP contribution in [0.3, 0.4) is 0 Å². The van der Waals surface area contributed by atoms with Gasteiger partial charge in [0.15, 0.2) is 0 Å². The maximum absolute atomic E-state index is 11.4. The number of nitrogens with zero attached hydrogens (tertiary/aromatic N) is 1. The van der Waals surface area contributed by atoms with Crippen molar-refractivity contribution in [3.05, 3.63) is 26.8 Å². The minimum Gasteiger partial charge on any atom is -0.466 e. The zero-order valence-electron chi connectivity index (χ0n) is 8.66. The Morgan fingerprint density at radius 1 is 1.62 bits per heavy atom. The van der Waals surface area contributed by atoms with Crippen LogP contribution in [0.15, 0.2) is 17.0 Å². The van der Waals surface area contributed by atoms with E-state index in [-0.39, 0.29) is 12.4 Å². The van der Waals surface area contributed by atoms with Crippen LogP contribution in [0.5, 0.6) is 0 Å². The molecule has 1 aromatic carbocycles. The highest BCUT2D eigenvalue weighted by molar-refractivity contribution is 14.1. The minimum atomic E-state index is -0.337. The monoisotopic (exact) mass is 347 g/mol. The molecule has 16 heavy (non-hydrogen) atoms. The number of carbonyl (C=O) groups is 1. The van der Waals surface area contributed by atoms with E-state index in [0.717, 1.165) is 3.57 Å². The fourth-order valence-electron chi connectivity index (χ4n) is 1.25. The Morgan fingerprint density at radius 2 is 2.31 bits per heavy atom. The number of nitriles is 1. The molecule has 0 heterocycles. The number of benzene rings is 1. The van der Waals surface area contributed by atoms with Crippen LogP contribution in [0, 0.1) is 14.9 Å². The zero-order chi connectivity index (χ0) is 12.1. The fraction of sp³-hybridized carbons (Fsp3) is 0.273. The van der Waals surface area contributed by atoms with Crippen molar-refractivity contribution in [1.82, 2.24) is 0 Å². The molecule has 0 unspecified atom stereocenters. The van der Waals surface area contributed by atoms with Crippen molar-refractivity contribution in [2.45, 2.75) is 18.2 Å². The first-order valence-corrected chi connectivity index (χ1v) is 6.18. The molecule has 0 bridgehead atoms. The predicted molar refractivity (Wildman–Crippen MR) is 71.5 cm³/mol. The lowest BCUT2D eigenvalue weighted by Gasteiger charge is -2.08. The van der Waals surface area contributed by atoms with Crippen LogP contribution in [0.2, 0.25) is 0 Å². The Labute approximate surface area is 113 Å². The summed E-state index contributed by atoms with van der Waals surface area (Å²) in [5, 5.41) is 8.94. The Morgan fingerprint density at radius 3 is 2.88 bits per heavy atom. The summed E-state index contributed by atoms with van der Waals surface area (Å²) in [6.07, 6.45) is 0.0897. The molecule has 1 aromatic rings. The molecule has 0 saturated carbocycles. The minimum absolute atomic E-state index is 0.0897. The predicted octanol–water partition coefficient (Wildman–Crippen LogP) is 2.56. The molecule has 0 N–H and O–H groups in total. The van der Waals surface area contributed by atoms with Crippen LogP contribution >= 0.6 is 35.2 Å². The van der Waals surface area contributed by atoms with Gasteiger partial charge in [0.25, 0.3) is 0 Å². The van der Waals surface area contributed by atoms with Gasteiger partial charge in [-0.1, -0.05) is 0 Å². The third-order valence-corrected chi connectivity index (χ3v) is 3.82. The summed E-state index contributed by atoms with van der Waals surface area (Å²) in [7, 11) is 0. The third-order valence-electron chi connectivity index (χ3n) is 1.98. The van der Waals surface area contributed by atoms with E-state index < -0.39 is 0 Å². The highest BCUT2D eigenvalue weighted by Crippen LogP contribution is 2.24. The molecule has 3 nitrogen and oxygen atoms in total. The SMILES string of the molecule is CCOC(=O)Cc1c(C#N)ccc(I)c1S.